The Morgan fingerprint density at radius 1 is 1.21 bits per heavy atom. The number of hydrogen-bond acceptors (Lipinski definition) is 2. The number of aliphatic hydroxyl groups is 1. The van der Waals surface area contributed by atoms with Crippen LogP contribution in [0.15, 0.2) is 0 Å². The van der Waals surface area contributed by atoms with E-state index in [0.717, 1.165) is 25.7 Å². The fraction of sp³-hybridized carbons (Fsp3) is 0.917. The highest BCUT2D eigenvalue weighted by molar-refractivity contribution is 5.85. The fourth-order valence-corrected chi connectivity index (χ4v) is 1.83. The summed E-state index contributed by atoms with van der Waals surface area (Å²) in [6.07, 6.45) is 2.90. The number of carbonyl (C=O) groups excluding carboxylic acids is 1. The van der Waals surface area contributed by atoms with Gasteiger partial charge in [0, 0.05) is 5.92 Å². The van der Waals surface area contributed by atoms with Gasteiger partial charge in [-0.3, -0.25) is 4.79 Å². The quantitative estimate of drug-likeness (QED) is 0.686. The number of aliphatic hydroxyl groups excluding tert-OH is 1. The maximum absolute atomic E-state index is 11.7. The van der Waals surface area contributed by atoms with Gasteiger partial charge in [0.15, 0.2) is 5.78 Å². The molecule has 0 bridgehead atoms. The molecule has 84 valence electrons. The molecule has 1 N–H and O–H groups in total. The van der Waals surface area contributed by atoms with E-state index < -0.39 is 6.10 Å². The minimum atomic E-state index is -0.744. The van der Waals surface area contributed by atoms with Crippen LogP contribution in [0.25, 0.3) is 0 Å². The van der Waals surface area contributed by atoms with Crippen molar-refractivity contribution in [2.24, 2.45) is 11.8 Å². The van der Waals surface area contributed by atoms with Crippen LogP contribution >= 0.6 is 0 Å². The molecule has 0 spiro atoms. The van der Waals surface area contributed by atoms with Crippen LogP contribution in [0, 0.1) is 11.8 Å². The minimum absolute atomic E-state index is 0.00981. The zero-order chi connectivity index (χ0) is 11.1. The van der Waals surface area contributed by atoms with Gasteiger partial charge in [0.05, 0.1) is 0 Å². The third-order valence-electron chi connectivity index (χ3n) is 2.99. The predicted molar refractivity (Wildman–Crippen MR) is 59.2 cm³/mol. The minimum Gasteiger partial charge on any atom is -0.385 e. The Labute approximate surface area is 87.7 Å². The van der Waals surface area contributed by atoms with Gasteiger partial charge in [-0.1, -0.05) is 47.0 Å². The molecule has 0 aromatic rings. The third kappa shape index (κ3) is 3.79. The number of rotatable bonds is 7. The van der Waals surface area contributed by atoms with Crippen molar-refractivity contribution in [3.8, 4) is 0 Å². The van der Waals surface area contributed by atoms with Gasteiger partial charge in [-0.25, -0.2) is 0 Å². The van der Waals surface area contributed by atoms with Crippen LogP contribution in [0.4, 0.5) is 0 Å². The molecule has 0 aromatic carbocycles. The molecule has 0 fully saturated rings. The molecule has 0 aliphatic heterocycles. The monoisotopic (exact) mass is 200 g/mol. The van der Waals surface area contributed by atoms with Gasteiger partial charge in [-0.2, -0.15) is 0 Å². The molecule has 0 saturated heterocycles. The van der Waals surface area contributed by atoms with E-state index in [1.165, 1.54) is 0 Å². The summed E-state index contributed by atoms with van der Waals surface area (Å²) in [7, 11) is 0. The molecule has 0 aromatic heterocycles. The van der Waals surface area contributed by atoms with Crippen molar-refractivity contribution >= 4 is 5.78 Å². The molecule has 2 nitrogen and oxygen atoms in total. The first-order chi connectivity index (χ1) is 6.58. The highest BCUT2D eigenvalue weighted by atomic mass is 16.3. The molecular weight excluding hydrogens is 176 g/mol. The zero-order valence-electron chi connectivity index (χ0n) is 9.92. The molecule has 0 radical (unpaired) electrons. The third-order valence-corrected chi connectivity index (χ3v) is 2.99. The summed E-state index contributed by atoms with van der Waals surface area (Å²) in [5, 5.41) is 9.82. The molecule has 14 heavy (non-hydrogen) atoms. The smallest absolute Gasteiger partial charge is 0.164 e. The molecule has 2 atom stereocenters. The molecule has 2 heteroatoms. The van der Waals surface area contributed by atoms with E-state index in [-0.39, 0.29) is 17.6 Å². The largest absolute Gasteiger partial charge is 0.385 e. The normalized spacial score (nSPS) is 15.6. The molecule has 0 saturated carbocycles. The Kier molecular flexibility index (Phi) is 6.81. The summed E-state index contributed by atoms with van der Waals surface area (Å²) in [5.41, 5.74) is 0. The maximum Gasteiger partial charge on any atom is 0.164 e. The van der Waals surface area contributed by atoms with Crippen molar-refractivity contribution in [3.63, 3.8) is 0 Å². The molecule has 0 amide bonds. The zero-order valence-corrected chi connectivity index (χ0v) is 9.92. The molecule has 0 aliphatic rings. The van der Waals surface area contributed by atoms with Gasteiger partial charge in [-0.05, 0) is 12.3 Å². The van der Waals surface area contributed by atoms with Crippen LogP contribution in [-0.4, -0.2) is 17.0 Å². The first kappa shape index (κ1) is 13.6. The number of ketones is 1. The molecule has 0 rings (SSSR count). The second kappa shape index (κ2) is 6.99. The lowest BCUT2D eigenvalue weighted by Crippen LogP contribution is -2.33. The standard InChI is InChI=1S/C12H24O2/c1-5-8-9(4)11(13)12(14)10(6-2)7-3/h9-10,12,14H,5-8H2,1-4H3. The van der Waals surface area contributed by atoms with Crippen molar-refractivity contribution in [2.75, 3.05) is 0 Å². The van der Waals surface area contributed by atoms with Crippen molar-refractivity contribution in [1.29, 1.82) is 0 Å². The van der Waals surface area contributed by atoms with Crippen LogP contribution in [0.5, 0.6) is 0 Å². The van der Waals surface area contributed by atoms with Crippen molar-refractivity contribution in [3.05, 3.63) is 0 Å². The van der Waals surface area contributed by atoms with E-state index >= 15 is 0 Å². The van der Waals surface area contributed by atoms with Gasteiger partial charge in [0.2, 0.25) is 0 Å². The number of carbonyl (C=O) groups is 1. The lowest BCUT2D eigenvalue weighted by atomic mass is 9.87. The lowest BCUT2D eigenvalue weighted by Gasteiger charge is -2.21. The second-order valence-corrected chi connectivity index (χ2v) is 4.11. The summed E-state index contributed by atoms with van der Waals surface area (Å²) in [6, 6.07) is 0. The summed E-state index contributed by atoms with van der Waals surface area (Å²) >= 11 is 0. The molecule has 2 unspecified atom stereocenters. The maximum atomic E-state index is 11.7. The summed E-state index contributed by atoms with van der Waals surface area (Å²) < 4.78 is 0. The Morgan fingerprint density at radius 3 is 2.07 bits per heavy atom. The van der Waals surface area contributed by atoms with E-state index in [1.807, 2.05) is 20.8 Å². The Morgan fingerprint density at radius 2 is 1.71 bits per heavy atom. The predicted octanol–water partition coefficient (Wildman–Crippen LogP) is 2.79. The van der Waals surface area contributed by atoms with E-state index in [9.17, 15) is 9.90 Å². The highest BCUT2D eigenvalue weighted by Gasteiger charge is 2.26. The number of hydrogen-bond donors (Lipinski definition) is 1. The lowest BCUT2D eigenvalue weighted by molar-refractivity contribution is -0.133. The van der Waals surface area contributed by atoms with Crippen LogP contribution in [0.2, 0.25) is 0 Å². The summed E-state index contributed by atoms with van der Waals surface area (Å²) in [6.45, 7) is 8.02. The van der Waals surface area contributed by atoms with Crippen LogP contribution < -0.4 is 0 Å². The Hall–Kier alpha value is -0.370. The Bertz CT molecular complexity index is 162. The van der Waals surface area contributed by atoms with Crippen LogP contribution in [-0.2, 0) is 4.79 Å². The first-order valence-electron chi connectivity index (χ1n) is 5.80. The molecule has 0 heterocycles. The summed E-state index contributed by atoms with van der Waals surface area (Å²) in [5.74, 6) is 0.179. The average molecular weight is 200 g/mol. The van der Waals surface area contributed by atoms with E-state index in [0.29, 0.717) is 0 Å². The second-order valence-electron chi connectivity index (χ2n) is 4.11. The van der Waals surface area contributed by atoms with Gasteiger partial charge < -0.3 is 5.11 Å². The van der Waals surface area contributed by atoms with Crippen LogP contribution in [0.3, 0.4) is 0 Å². The highest BCUT2D eigenvalue weighted by Crippen LogP contribution is 2.18. The van der Waals surface area contributed by atoms with Gasteiger partial charge >= 0.3 is 0 Å². The van der Waals surface area contributed by atoms with Gasteiger partial charge in [0.25, 0.3) is 0 Å². The molecule has 0 aliphatic carbocycles. The van der Waals surface area contributed by atoms with Crippen molar-refractivity contribution in [2.45, 2.75) is 59.5 Å². The Balaban J connectivity index is 4.21. The van der Waals surface area contributed by atoms with Gasteiger partial charge in [0.1, 0.15) is 6.10 Å². The van der Waals surface area contributed by atoms with Crippen molar-refractivity contribution in [1.82, 2.24) is 0 Å². The summed E-state index contributed by atoms with van der Waals surface area (Å²) in [4.78, 5) is 11.7. The van der Waals surface area contributed by atoms with E-state index in [2.05, 4.69) is 6.92 Å². The van der Waals surface area contributed by atoms with E-state index in [4.69, 9.17) is 0 Å². The number of Topliss-reactive ketones (excluding diaryl/α,β-unsaturated/α-hetero) is 1. The van der Waals surface area contributed by atoms with Gasteiger partial charge in [-0.15, -0.1) is 0 Å². The first-order valence-corrected chi connectivity index (χ1v) is 5.80. The van der Waals surface area contributed by atoms with Crippen LogP contribution in [0.1, 0.15) is 53.4 Å². The fourth-order valence-electron chi connectivity index (χ4n) is 1.83. The SMILES string of the molecule is CCCC(C)C(=O)C(O)C(CC)CC. The van der Waals surface area contributed by atoms with Crippen molar-refractivity contribution < 1.29 is 9.90 Å². The average Bonchev–Trinajstić information content (AvgIpc) is 2.18. The van der Waals surface area contributed by atoms with E-state index in [1.54, 1.807) is 0 Å². The topological polar surface area (TPSA) is 37.3 Å². The molecular formula is C12H24O2.